The van der Waals surface area contributed by atoms with Crippen LogP contribution in [0.25, 0.3) is 0 Å². The van der Waals surface area contributed by atoms with Gasteiger partial charge in [-0.3, -0.25) is 0 Å². The van der Waals surface area contributed by atoms with E-state index in [1.807, 2.05) is 37.3 Å². The quantitative estimate of drug-likeness (QED) is 0.861. The molecule has 0 saturated heterocycles. The molecule has 0 aromatic heterocycles. The molecular weight excluding hydrogens is 308 g/mol. The van der Waals surface area contributed by atoms with Gasteiger partial charge in [-0.2, -0.15) is 8.42 Å². The van der Waals surface area contributed by atoms with Crippen LogP contribution in [0.5, 0.6) is 0 Å². The van der Waals surface area contributed by atoms with Crippen LogP contribution in [0.4, 0.5) is 5.69 Å². The fourth-order valence-corrected chi connectivity index (χ4v) is 3.75. The minimum Gasteiger partial charge on any atom is -0.328 e. The lowest BCUT2D eigenvalue weighted by Crippen LogP contribution is -2.19. The van der Waals surface area contributed by atoms with Crippen LogP contribution in [0.15, 0.2) is 57.8 Å². The molecule has 1 N–H and O–H groups in total. The number of benzene rings is 2. The molecule has 2 aromatic carbocycles. The molecule has 0 saturated carbocycles. The van der Waals surface area contributed by atoms with E-state index in [1.165, 1.54) is 12.1 Å². The zero-order chi connectivity index (χ0) is 15.9. The summed E-state index contributed by atoms with van der Waals surface area (Å²) in [5.74, 6) is -0.158. The Morgan fingerprint density at radius 3 is 2.67 bits per heavy atom. The van der Waals surface area contributed by atoms with Crippen molar-refractivity contribution < 1.29 is 9.79 Å². The highest BCUT2D eigenvalue weighted by molar-refractivity contribution is 7.90. The van der Waals surface area contributed by atoms with Crippen molar-refractivity contribution in [3.63, 3.8) is 0 Å². The van der Waals surface area contributed by atoms with Gasteiger partial charge in [0, 0.05) is 5.92 Å². The van der Waals surface area contributed by atoms with Gasteiger partial charge in [0.05, 0.1) is 7.06 Å². The van der Waals surface area contributed by atoms with Gasteiger partial charge in [-0.05, 0) is 28.8 Å². The highest BCUT2D eigenvalue weighted by Crippen LogP contribution is 2.37. The number of halogens is 1. The SMILES string of the molecule is [2H]c1ccc2c(c1C(C)c1ccccc1)NC(Cl)=NS2(=O)=O. The monoisotopic (exact) mass is 321 g/mol. The summed E-state index contributed by atoms with van der Waals surface area (Å²) >= 11 is 5.80. The van der Waals surface area contributed by atoms with Crippen LogP contribution in [0, 0.1) is 0 Å². The Morgan fingerprint density at radius 1 is 1.24 bits per heavy atom. The third-order valence-corrected chi connectivity index (χ3v) is 5.03. The second kappa shape index (κ2) is 5.16. The van der Waals surface area contributed by atoms with Gasteiger partial charge in [-0.15, -0.1) is 4.40 Å². The van der Waals surface area contributed by atoms with Crippen LogP contribution in [-0.4, -0.2) is 13.7 Å². The fourth-order valence-electron chi connectivity index (χ4n) is 2.37. The molecule has 108 valence electrons. The van der Waals surface area contributed by atoms with Crippen LogP contribution in [0.1, 0.15) is 25.3 Å². The first-order valence-corrected chi connectivity index (χ1v) is 8.18. The second-order valence-electron chi connectivity index (χ2n) is 4.75. The zero-order valence-electron chi connectivity index (χ0n) is 12.2. The summed E-state index contributed by atoms with van der Waals surface area (Å²) in [5.41, 5.74) is 1.91. The van der Waals surface area contributed by atoms with Crippen molar-refractivity contribution in [1.82, 2.24) is 0 Å². The van der Waals surface area contributed by atoms with E-state index in [1.54, 1.807) is 0 Å². The lowest BCUT2D eigenvalue weighted by molar-refractivity contribution is 0.597. The molecule has 0 amide bonds. The molecule has 1 atom stereocenters. The van der Waals surface area contributed by atoms with Crippen molar-refractivity contribution in [2.45, 2.75) is 17.7 Å². The maximum atomic E-state index is 12.1. The third-order valence-electron chi connectivity index (χ3n) is 3.43. The van der Waals surface area contributed by atoms with Crippen LogP contribution < -0.4 is 5.32 Å². The average Bonchev–Trinajstić information content (AvgIpc) is 2.46. The van der Waals surface area contributed by atoms with E-state index in [0.717, 1.165) is 5.56 Å². The fraction of sp³-hybridized carbons (Fsp3) is 0.133. The van der Waals surface area contributed by atoms with Crippen molar-refractivity contribution in [1.29, 1.82) is 0 Å². The van der Waals surface area contributed by atoms with E-state index >= 15 is 0 Å². The molecule has 4 nitrogen and oxygen atoms in total. The van der Waals surface area contributed by atoms with Gasteiger partial charge in [0.2, 0.25) is 5.29 Å². The number of nitrogens with one attached hydrogen (secondary N) is 1. The molecule has 1 unspecified atom stereocenters. The van der Waals surface area contributed by atoms with Gasteiger partial charge < -0.3 is 5.32 Å². The first-order valence-electron chi connectivity index (χ1n) is 6.86. The number of anilines is 1. The van der Waals surface area contributed by atoms with Gasteiger partial charge in [0.15, 0.2) is 0 Å². The van der Waals surface area contributed by atoms with Crippen LogP contribution >= 0.6 is 11.6 Å². The Balaban J connectivity index is 2.23. The normalized spacial score (nSPS) is 18.0. The molecule has 3 rings (SSSR count). The summed E-state index contributed by atoms with van der Waals surface area (Å²) in [6, 6.07) is 12.7. The van der Waals surface area contributed by atoms with Gasteiger partial charge in [0.25, 0.3) is 10.0 Å². The molecule has 1 aliphatic heterocycles. The number of amidine groups is 1. The number of hydrogen-bond acceptors (Lipinski definition) is 3. The van der Waals surface area contributed by atoms with Crippen molar-refractivity contribution in [3.8, 4) is 0 Å². The Kier molecular flexibility index (Phi) is 3.16. The molecule has 1 heterocycles. The van der Waals surface area contributed by atoms with E-state index in [2.05, 4.69) is 9.71 Å². The largest absolute Gasteiger partial charge is 0.328 e. The second-order valence-corrected chi connectivity index (χ2v) is 6.68. The van der Waals surface area contributed by atoms with Crippen molar-refractivity contribution in [3.05, 3.63) is 59.6 Å². The summed E-state index contributed by atoms with van der Waals surface area (Å²) in [4.78, 5) is 0.0469. The average molecular weight is 322 g/mol. The standard InChI is InChI=1S/C15H13ClN2O2S/c1-10(11-6-3-2-4-7-11)12-8-5-9-13-14(12)17-15(16)18-21(13,19)20/h2-10H,1H3,(H,17,18)/i8D. The maximum Gasteiger partial charge on any atom is 0.287 e. The lowest BCUT2D eigenvalue weighted by atomic mass is 9.92. The predicted molar refractivity (Wildman–Crippen MR) is 84.5 cm³/mol. The van der Waals surface area contributed by atoms with E-state index in [0.29, 0.717) is 11.3 Å². The minimum atomic E-state index is -3.84. The van der Waals surface area contributed by atoms with E-state index in [4.69, 9.17) is 13.0 Å². The molecule has 0 fully saturated rings. The molecule has 0 spiro atoms. The van der Waals surface area contributed by atoms with Gasteiger partial charge >= 0.3 is 0 Å². The van der Waals surface area contributed by atoms with E-state index in [-0.39, 0.29) is 22.2 Å². The topological polar surface area (TPSA) is 58.5 Å². The molecule has 21 heavy (non-hydrogen) atoms. The number of sulfonamides is 1. The molecule has 0 aliphatic carbocycles. The Bertz CT molecular complexity index is 867. The molecule has 6 heteroatoms. The van der Waals surface area contributed by atoms with Crippen molar-refractivity contribution in [2.75, 3.05) is 5.32 Å². The van der Waals surface area contributed by atoms with E-state index < -0.39 is 10.0 Å². The van der Waals surface area contributed by atoms with Gasteiger partial charge in [-0.25, -0.2) is 0 Å². The molecule has 1 aliphatic rings. The molecular formula is C15H13ClN2O2S. The zero-order valence-corrected chi connectivity index (χ0v) is 12.7. The molecule has 0 radical (unpaired) electrons. The third kappa shape index (κ3) is 2.54. The Hall–Kier alpha value is -1.85. The summed E-state index contributed by atoms with van der Waals surface area (Å²) in [6.07, 6.45) is 0. The highest BCUT2D eigenvalue weighted by Gasteiger charge is 2.27. The van der Waals surface area contributed by atoms with Crippen molar-refractivity contribution in [2.24, 2.45) is 4.40 Å². The lowest BCUT2D eigenvalue weighted by Gasteiger charge is -2.22. The number of hydrogen-bond donors (Lipinski definition) is 1. The summed E-state index contributed by atoms with van der Waals surface area (Å²) in [7, 11) is -3.84. The summed E-state index contributed by atoms with van der Waals surface area (Å²) in [5, 5.41) is 2.58. The smallest absolute Gasteiger partial charge is 0.287 e. The van der Waals surface area contributed by atoms with Gasteiger partial charge in [-0.1, -0.05) is 49.4 Å². The number of nitrogens with zero attached hydrogens (tertiary/aromatic N) is 1. The number of rotatable bonds is 2. The summed E-state index contributed by atoms with van der Waals surface area (Å²) in [6.45, 7) is 1.93. The summed E-state index contributed by atoms with van der Waals surface area (Å²) < 4.78 is 35.9. The van der Waals surface area contributed by atoms with Crippen LogP contribution in [0.2, 0.25) is 0 Å². The number of fused-ring (bicyclic) bond motifs is 1. The molecule has 2 aromatic rings. The first-order chi connectivity index (χ1) is 10.4. The van der Waals surface area contributed by atoms with E-state index in [9.17, 15) is 8.42 Å². The Labute approximate surface area is 129 Å². The van der Waals surface area contributed by atoms with Crippen molar-refractivity contribution >= 4 is 32.6 Å². The first kappa shape index (κ1) is 12.9. The minimum absolute atomic E-state index is 0.0469. The Morgan fingerprint density at radius 2 is 1.95 bits per heavy atom. The maximum absolute atomic E-state index is 12.1. The predicted octanol–water partition coefficient (Wildman–Crippen LogP) is 3.55. The van der Waals surface area contributed by atoms with Crippen LogP contribution in [-0.2, 0) is 10.0 Å². The molecule has 0 bridgehead atoms. The highest BCUT2D eigenvalue weighted by atomic mass is 35.5. The number of para-hydroxylation sites is 1. The van der Waals surface area contributed by atoms with Crippen LogP contribution in [0.3, 0.4) is 0 Å². The van der Waals surface area contributed by atoms with Gasteiger partial charge in [0.1, 0.15) is 4.90 Å².